The molecule has 1 atom stereocenters. The first-order valence-electron chi connectivity index (χ1n) is 8.74. The van der Waals surface area contributed by atoms with Gasteiger partial charge in [-0.05, 0) is 36.1 Å². The number of nitrogens with one attached hydrogen (secondary N) is 2. The highest BCUT2D eigenvalue weighted by atomic mass is 16.3. The number of nitrogens with two attached hydrogens (primary N) is 1. The average Bonchev–Trinajstić information content (AvgIpc) is 3.24. The highest BCUT2D eigenvalue weighted by Gasteiger charge is 2.23. The predicted octanol–water partition coefficient (Wildman–Crippen LogP) is 2.94. The van der Waals surface area contributed by atoms with E-state index in [1.165, 1.54) is 0 Å². The van der Waals surface area contributed by atoms with Gasteiger partial charge in [-0.1, -0.05) is 36.4 Å². The number of benzene rings is 2. The van der Waals surface area contributed by atoms with Crippen molar-refractivity contribution >= 4 is 27.6 Å². The van der Waals surface area contributed by atoms with Gasteiger partial charge < -0.3 is 20.8 Å². The minimum atomic E-state index is -0.653. The largest absolute Gasteiger partial charge is 0.396 e. The van der Waals surface area contributed by atoms with Gasteiger partial charge in [0.05, 0.1) is 11.7 Å². The molecule has 0 fully saturated rings. The van der Waals surface area contributed by atoms with Crippen LogP contribution in [0.25, 0.3) is 21.8 Å². The van der Waals surface area contributed by atoms with Crippen molar-refractivity contribution in [1.82, 2.24) is 9.97 Å². The quantitative estimate of drug-likeness (QED) is 0.404. The van der Waals surface area contributed by atoms with Crippen LogP contribution in [0.2, 0.25) is 0 Å². The first-order valence-corrected chi connectivity index (χ1v) is 8.74. The lowest BCUT2D eigenvalue weighted by Gasteiger charge is -2.11. The second kappa shape index (κ2) is 6.78. The molecular formula is C21H21N3O2. The number of carbonyl (C=O) groups is 1. The lowest BCUT2D eigenvalue weighted by molar-refractivity contribution is 0.0956. The first kappa shape index (κ1) is 16.6. The van der Waals surface area contributed by atoms with Crippen LogP contribution in [0, 0.1) is 0 Å². The standard InChI is InChI=1S/C21H21N3O2/c22-17(11-13-12-23-18-7-3-1-5-14(13)18)21(26)20-16(9-10-25)15-6-2-4-8-19(15)24-20/h1-8,12,17,23-25H,9-11,22H2. The van der Waals surface area contributed by atoms with E-state index in [9.17, 15) is 9.90 Å². The number of aromatic nitrogens is 2. The summed E-state index contributed by atoms with van der Waals surface area (Å²) < 4.78 is 0. The van der Waals surface area contributed by atoms with Crippen LogP contribution in [-0.4, -0.2) is 33.5 Å². The van der Waals surface area contributed by atoms with Gasteiger partial charge in [-0.3, -0.25) is 4.79 Å². The maximum absolute atomic E-state index is 13.0. The second-order valence-electron chi connectivity index (χ2n) is 6.53. The van der Waals surface area contributed by atoms with Gasteiger partial charge in [-0.25, -0.2) is 0 Å². The summed E-state index contributed by atoms with van der Waals surface area (Å²) in [6.45, 7) is -0.0141. The Labute approximate surface area is 150 Å². The van der Waals surface area contributed by atoms with E-state index >= 15 is 0 Å². The summed E-state index contributed by atoms with van der Waals surface area (Å²) in [5.74, 6) is -0.130. The maximum Gasteiger partial charge on any atom is 0.196 e. The summed E-state index contributed by atoms with van der Waals surface area (Å²) in [6.07, 6.45) is 2.79. The SMILES string of the molecule is NC(Cc1c[nH]c2ccccc12)C(=O)c1[nH]c2ccccc2c1CCO. The number of aliphatic hydroxyl groups excluding tert-OH is 1. The zero-order valence-electron chi connectivity index (χ0n) is 14.3. The smallest absolute Gasteiger partial charge is 0.196 e. The second-order valence-corrected chi connectivity index (χ2v) is 6.53. The topological polar surface area (TPSA) is 94.9 Å². The molecule has 1 unspecified atom stereocenters. The lowest BCUT2D eigenvalue weighted by Crippen LogP contribution is -2.33. The summed E-state index contributed by atoms with van der Waals surface area (Å²) in [4.78, 5) is 19.4. The average molecular weight is 347 g/mol. The Morgan fingerprint density at radius 2 is 1.73 bits per heavy atom. The molecule has 2 aromatic carbocycles. The molecule has 4 rings (SSSR count). The number of H-pyrrole nitrogens is 2. The molecule has 2 aromatic heterocycles. The van der Waals surface area contributed by atoms with E-state index in [0.717, 1.165) is 32.9 Å². The molecule has 5 N–H and O–H groups in total. The van der Waals surface area contributed by atoms with E-state index in [-0.39, 0.29) is 12.4 Å². The Hall–Kier alpha value is -2.89. The third kappa shape index (κ3) is 2.81. The number of Topliss-reactive ketones (excluding diaryl/α,β-unsaturated/α-hetero) is 1. The van der Waals surface area contributed by atoms with Crippen LogP contribution in [0.4, 0.5) is 0 Å². The van der Waals surface area contributed by atoms with E-state index in [0.29, 0.717) is 18.5 Å². The molecule has 4 aromatic rings. The number of aliphatic hydroxyl groups is 1. The molecule has 26 heavy (non-hydrogen) atoms. The number of fused-ring (bicyclic) bond motifs is 2. The third-order valence-corrected chi connectivity index (χ3v) is 4.87. The van der Waals surface area contributed by atoms with Gasteiger partial charge in [-0.2, -0.15) is 0 Å². The van der Waals surface area contributed by atoms with Gasteiger partial charge in [0.1, 0.15) is 0 Å². The molecule has 0 spiro atoms. The molecular weight excluding hydrogens is 326 g/mol. The minimum absolute atomic E-state index is 0.0141. The number of hydrogen-bond donors (Lipinski definition) is 4. The van der Waals surface area contributed by atoms with Gasteiger partial charge in [0.25, 0.3) is 0 Å². The van der Waals surface area contributed by atoms with Crippen molar-refractivity contribution in [2.45, 2.75) is 18.9 Å². The van der Waals surface area contributed by atoms with Crippen LogP contribution < -0.4 is 5.73 Å². The highest BCUT2D eigenvalue weighted by Crippen LogP contribution is 2.25. The van der Waals surface area contributed by atoms with E-state index < -0.39 is 6.04 Å². The summed E-state index contributed by atoms with van der Waals surface area (Å²) in [5, 5.41) is 11.5. The number of rotatable bonds is 6. The van der Waals surface area contributed by atoms with Gasteiger partial charge in [0, 0.05) is 34.6 Å². The fraction of sp³-hybridized carbons (Fsp3) is 0.190. The highest BCUT2D eigenvalue weighted by molar-refractivity contribution is 6.05. The Kier molecular flexibility index (Phi) is 4.32. The van der Waals surface area contributed by atoms with Crippen molar-refractivity contribution < 1.29 is 9.90 Å². The molecule has 0 aliphatic carbocycles. The van der Waals surface area contributed by atoms with Crippen LogP contribution in [0.5, 0.6) is 0 Å². The lowest BCUT2D eigenvalue weighted by atomic mass is 9.97. The summed E-state index contributed by atoms with van der Waals surface area (Å²) >= 11 is 0. The number of ketones is 1. The minimum Gasteiger partial charge on any atom is -0.396 e. The summed E-state index contributed by atoms with van der Waals surface area (Å²) in [6, 6.07) is 15.1. The van der Waals surface area contributed by atoms with Gasteiger partial charge in [0.15, 0.2) is 5.78 Å². The molecule has 5 heteroatoms. The fourth-order valence-corrected chi connectivity index (χ4v) is 3.60. The van der Waals surface area contributed by atoms with Crippen molar-refractivity contribution in [1.29, 1.82) is 0 Å². The molecule has 0 saturated carbocycles. The van der Waals surface area contributed by atoms with Crippen LogP contribution in [0.15, 0.2) is 54.7 Å². The van der Waals surface area contributed by atoms with Crippen molar-refractivity contribution in [2.24, 2.45) is 5.73 Å². The Morgan fingerprint density at radius 1 is 1.04 bits per heavy atom. The molecule has 0 aliphatic heterocycles. The molecule has 5 nitrogen and oxygen atoms in total. The normalized spacial score (nSPS) is 12.7. The Balaban J connectivity index is 1.66. The van der Waals surface area contributed by atoms with Crippen molar-refractivity contribution in [3.05, 3.63) is 71.5 Å². The zero-order valence-corrected chi connectivity index (χ0v) is 14.3. The molecule has 0 aliphatic rings. The first-order chi connectivity index (χ1) is 12.7. The Bertz CT molecular complexity index is 1080. The number of aromatic amines is 2. The van der Waals surface area contributed by atoms with Crippen LogP contribution in [0.3, 0.4) is 0 Å². The van der Waals surface area contributed by atoms with Gasteiger partial charge in [-0.15, -0.1) is 0 Å². The van der Waals surface area contributed by atoms with Crippen LogP contribution >= 0.6 is 0 Å². The number of carbonyl (C=O) groups excluding carboxylic acids is 1. The van der Waals surface area contributed by atoms with E-state index in [1.54, 1.807) is 0 Å². The van der Waals surface area contributed by atoms with Gasteiger partial charge in [0.2, 0.25) is 0 Å². The van der Waals surface area contributed by atoms with Crippen molar-refractivity contribution in [3.63, 3.8) is 0 Å². The molecule has 2 heterocycles. The number of para-hydroxylation sites is 2. The third-order valence-electron chi connectivity index (χ3n) is 4.87. The zero-order chi connectivity index (χ0) is 18.1. The predicted molar refractivity (Wildman–Crippen MR) is 103 cm³/mol. The molecule has 0 saturated heterocycles. The van der Waals surface area contributed by atoms with E-state index in [4.69, 9.17) is 5.73 Å². The summed E-state index contributed by atoms with van der Waals surface area (Å²) in [7, 11) is 0. The van der Waals surface area contributed by atoms with Crippen molar-refractivity contribution in [2.75, 3.05) is 6.61 Å². The van der Waals surface area contributed by atoms with Crippen molar-refractivity contribution in [3.8, 4) is 0 Å². The van der Waals surface area contributed by atoms with Gasteiger partial charge >= 0.3 is 0 Å². The summed E-state index contributed by atoms with van der Waals surface area (Å²) in [5.41, 5.74) is 10.6. The van der Waals surface area contributed by atoms with E-state index in [2.05, 4.69) is 9.97 Å². The molecule has 0 bridgehead atoms. The van der Waals surface area contributed by atoms with Crippen LogP contribution in [0.1, 0.15) is 21.6 Å². The molecule has 0 radical (unpaired) electrons. The van der Waals surface area contributed by atoms with Crippen LogP contribution in [-0.2, 0) is 12.8 Å². The number of hydrogen-bond acceptors (Lipinski definition) is 3. The van der Waals surface area contributed by atoms with E-state index in [1.807, 2.05) is 54.7 Å². The molecule has 0 amide bonds. The monoisotopic (exact) mass is 347 g/mol. The molecule has 132 valence electrons. The Morgan fingerprint density at radius 3 is 2.50 bits per heavy atom. The maximum atomic E-state index is 13.0. The fourth-order valence-electron chi connectivity index (χ4n) is 3.60.